The highest BCUT2D eigenvalue weighted by molar-refractivity contribution is 6.30. The van der Waals surface area contributed by atoms with Gasteiger partial charge in [-0.1, -0.05) is 11.6 Å². The molecule has 0 aromatic heterocycles. The lowest BCUT2D eigenvalue weighted by Crippen LogP contribution is -2.01. The van der Waals surface area contributed by atoms with Gasteiger partial charge in [0.05, 0.1) is 18.4 Å². The minimum atomic E-state index is -0.467. The first kappa shape index (κ1) is 14.1. The van der Waals surface area contributed by atoms with Crippen LogP contribution in [-0.2, 0) is 4.74 Å². The number of methoxy groups -OCH3 is 1. The maximum atomic E-state index is 11.4. The minimum Gasteiger partial charge on any atom is -0.507 e. The van der Waals surface area contributed by atoms with Crippen LogP contribution in [0.4, 0.5) is 5.69 Å². The van der Waals surface area contributed by atoms with E-state index in [2.05, 4.69) is 9.73 Å². The highest BCUT2D eigenvalue weighted by Crippen LogP contribution is 2.20. The molecule has 0 amide bonds. The zero-order valence-corrected chi connectivity index (χ0v) is 11.5. The summed E-state index contributed by atoms with van der Waals surface area (Å²) in [6.07, 6.45) is 1.48. The van der Waals surface area contributed by atoms with Gasteiger partial charge in [-0.2, -0.15) is 0 Å². The molecular weight excluding hydrogens is 278 g/mol. The average Bonchev–Trinajstić information content (AvgIpc) is 2.47. The van der Waals surface area contributed by atoms with E-state index in [0.29, 0.717) is 21.8 Å². The van der Waals surface area contributed by atoms with E-state index in [1.807, 2.05) is 0 Å². The molecule has 0 saturated heterocycles. The summed E-state index contributed by atoms with van der Waals surface area (Å²) in [6, 6.07) is 11.4. The Kier molecular flexibility index (Phi) is 4.38. The van der Waals surface area contributed by atoms with Gasteiger partial charge in [-0.15, -0.1) is 0 Å². The van der Waals surface area contributed by atoms with Gasteiger partial charge >= 0.3 is 5.97 Å². The summed E-state index contributed by atoms with van der Waals surface area (Å²) in [7, 11) is 1.30. The molecule has 0 unspecified atom stereocenters. The Morgan fingerprint density at radius 3 is 2.60 bits per heavy atom. The van der Waals surface area contributed by atoms with Crippen LogP contribution in [0.3, 0.4) is 0 Å². The highest BCUT2D eigenvalue weighted by atomic mass is 35.5. The number of carbonyl (C=O) groups excluding carboxylic acids is 1. The Labute approximate surface area is 121 Å². The Balaban J connectivity index is 2.28. The number of phenols is 1. The lowest BCUT2D eigenvalue weighted by Gasteiger charge is -2.03. The first-order chi connectivity index (χ1) is 9.60. The van der Waals surface area contributed by atoms with Gasteiger partial charge in [0.1, 0.15) is 5.75 Å². The van der Waals surface area contributed by atoms with E-state index in [1.54, 1.807) is 24.3 Å². The molecule has 0 radical (unpaired) electrons. The predicted octanol–water partition coefficient (Wildman–Crippen LogP) is 3.58. The smallest absolute Gasteiger partial charge is 0.337 e. The van der Waals surface area contributed by atoms with Crippen molar-refractivity contribution in [3.63, 3.8) is 0 Å². The van der Waals surface area contributed by atoms with E-state index >= 15 is 0 Å². The molecule has 2 rings (SSSR count). The van der Waals surface area contributed by atoms with Crippen LogP contribution in [0.25, 0.3) is 0 Å². The summed E-state index contributed by atoms with van der Waals surface area (Å²) in [5, 5.41) is 10.4. The summed E-state index contributed by atoms with van der Waals surface area (Å²) in [5.74, 6) is -0.429. The summed E-state index contributed by atoms with van der Waals surface area (Å²) in [5.41, 5.74) is 1.47. The maximum absolute atomic E-state index is 11.4. The number of halogens is 1. The Bertz CT molecular complexity index is 651. The van der Waals surface area contributed by atoms with Crippen molar-refractivity contribution >= 4 is 29.5 Å². The van der Waals surface area contributed by atoms with Gasteiger partial charge in [-0.05, 0) is 42.5 Å². The zero-order valence-electron chi connectivity index (χ0n) is 10.7. The number of aromatic hydroxyl groups is 1. The second-order valence-corrected chi connectivity index (χ2v) is 4.44. The SMILES string of the molecule is COC(=O)c1ccc(O)c(C=Nc2ccc(Cl)cc2)c1. The van der Waals surface area contributed by atoms with E-state index in [1.165, 1.54) is 31.5 Å². The molecule has 0 aliphatic heterocycles. The first-order valence-electron chi connectivity index (χ1n) is 5.81. The second-order valence-electron chi connectivity index (χ2n) is 4.00. The number of nitrogens with zero attached hydrogens (tertiary/aromatic N) is 1. The van der Waals surface area contributed by atoms with Gasteiger partial charge in [0.25, 0.3) is 0 Å². The quantitative estimate of drug-likeness (QED) is 0.694. The normalized spacial score (nSPS) is 10.7. The molecule has 0 spiro atoms. The van der Waals surface area contributed by atoms with Crippen LogP contribution in [0, 0.1) is 0 Å². The molecule has 0 aliphatic carbocycles. The summed E-state index contributed by atoms with van der Waals surface area (Å²) in [4.78, 5) is 15.6. The third-order valence-electron chi connectivity index (χ3n) is 2.63. The number of esters is 1. The predicted molar refractivity (Wildman–Crippen MR) is 78.2 cm³/mol. The van der Waals surface area contributed by atoms with Crippen molar-refractivity contribution in [1.82, 2.24) is 0 Å². The van der Waals surface area contributed by atoms with Crippen LogP contribution >= 0.6 is 11.6 Å². The van der Waals surface area contributed by atoms with Crippen molar-refractivity contribution in [2.45, 2.75) is 0 Å². The van der Waals surface area contributed by atoms with Crippen LogP contribution in [0.15, 0.2) is 47.5 Å². The maximum Gasteiger partial charge on any atom is 0.337 e. The fourth-order valence-corrected chi connectivity index (χ4v) is 1.70. The number of ether oxygens (including phenoxy) is 1. The monoisotopic (exact) mass is 289 g/mol. The van der Waals surface area contributed by atoms with E-state index < -0.39 is 5.97 Å². The average molecular weight is 290 g/mol. The number of rotatable bonds is 3. The van der Waals surface area contributed by atoms with Gasteiger partial charge in [0.2, 0.25) is 0 Å². The second kappa shape index (κ2) is 6.21. The van der Waals surface area contributed by atoms with Crippen LogP contribution in [0.2, 0.25) is 5.02 Å². The van der Waals surface area contributed by atoms with Gasteiger partial charge in [-0.3, -0.25) is 4.99 Å². The molecule has 2 aromatic rings. The van der Waals surface area contributed by atoms with Crippen LogP contribution in [0.1, 0.15) is 15.9 Å². The topological polar surface area (TPSA) is 58.9 Å². The lowest BCUT2D eigenvalue weighted by molar-refractivity contribution is 0.0600. The Hall–Kier alpha value is -2.33. The van der Waals surface area contributed by atoms with E-state index in [4.69, 9.17) is 11.6 Å². The first-order valence-corrected chi connectivity index (χ1v) is 6.19. The molecule has 0 fully saturated rings. The number of hydrogen-bond acceptors (Lipinski definition) is 4. The largest absolute Gasteiger partial charge is 0.507 e. The van der Waals surface area contributed by atoms with Crippen LogP contribution in [-0.4, -0.2) is 24.4 Å². The van der Waals surface area contributed by atoms with Crippen LogP contribution in [0.5, 0.6) is 5.75 Å². The number of phenolic OH excluding ortho intramolecular Hbond substituents is 1. The van der Waals surface area contributed by atoms with E-state index in [-0.39, 0.29) is 5.75 Å². The van der Waals surface area contributed by atoms with Crippen molar-refractivity contribution in [1.29, 1.82) is 0 Å². The molecule has 0 aliphatic rings. The summed E-state index contributed by atoms with van der Waals surface area (Å²) < 4.78 is 4.63. The standard InChI is InChI=1S/C15H12ClNO3/c1-20-15(19)10-2-7-14(18)11(8-10)9-17-13-5-3-12(16)4-6-13/h2-9,18H,1H3. The van der Waals surface area contributed by atoms with Crippen molar-refractivity contribution in [2.75, 3.05) is 7.11 Å². The highest BCUT2D eigenvalue weighted by Gasteiger charge is 2.08. The van der Waals surface area contributed by atoms with Crippen LogP contribution < -0.4 is 0 Å². The van der Waals surface area contributed by atoms with Crippen molar-refractivity contribution in [2.24, 2.45) is 4.99 Å². The number of benzene rings is 2. The number of hydrogen-bond donors (Lipinski definition) is 1. The van der Waals surface area contributed by atoms with E-state index in [0.717, 1.165) is 0 Å². The molecule has 5 heteroatoms. The van der Waals surface area contributed by atoms with Crippen molar-refractivity contribution in [3.05, 3.63) is 58.6 Å². The zero-order chi connectivity index (χ0) is 14.5. The van der Waals surface area contributed by atoms with Crippen molar-refractivity contribution in [3.8, 4) is 5.75 Å². The fraction of sp³-hybridized carbons (Fsp3) is 0.0667. The molecule has 0 bridgehead atoms. The molecule has 0 atom stereocenters. The van der Waals surface area contributed by atoms with Crippen molar-refractivity contribution < 1.29 is 14.6 Å². The molecule has 2 aromatic carbocycles. The minimum absolute atomic E-state index is 0.0374. The molecule has 20 heavy (non-hydrogen) atoms. The van der Waals surface area contributed by atoms with E-state index in [9.17, 15) is 9.90 Å². The van der Waals surface area contributed by atoms with Gasteiger partial charge in [-0.25, -0.2) is 4.79 Å². The molecule has 4 nitrogen and oxygen atoms in total. The Morgan fingerprint density at radius 1 is 1.25 bits per heavy atom. The molecule has 0 heterocycles. The molecule has 1 N–H and O–H groups in total. The van der Waals surface area contributed by atoms with Gasteiger partial charge < -0.3 is 9.84 Å². The third kappa shape index (κ3) is 3.36. The molecule has 102 valence electrons. The van der Waals surface area contributed by atoms with Gasteiger partial charge in [0.15, 0.2) is 0 Å². The number of aliphatic imine (C=N–C) groups is 1. The third-order valence-corrected chi connectivity index (χ3v) is 2.88. The fourth-order valence-electron chi connectivity index (χ4n) is 1.57. The number of carbonyl (C=O) groups is 1. The molecule has 0 saturated carbocycles. The lowest BCUT2D eigenvalue weighted by atomic mass is 10.1. The Morgan fingerprint density at radius 2 is 1.95 bits per heavy atom. The molecular formula is C15H12ClNO3. The van der Waals surface area contributed by atoms with Gasteiger partial charge in [0, 0.05) is 16.8 Å². The summed E-state index contributed by atoms with van der Waals surface area (Å²) >= 11 is 5.78. The summed E-state index contributed by atoms with van der Waals surface area (Å²) in [6.45, 7) is 0.